The standard InChI is InChI=1S/C19H21FN2O4S/c20-18-4-2-1-3-15(18)9-10-21-27(24,25)17-7-5-16(6-8-17)19(23)22-11-13-26-14-12-22/h1-8,21H,9-14H2. The van der Waals surface area contributed by atoms with E-state index in [1.807, 2.05) is 0 Å². The van der Waals surface area contributed by atoms with Gasteiger partial charge in [0.25, 0.3) is 5.91 Å². The van der Waals surface area contributed by atoms with Gasteiger partial charge in [-0.3, -0.25) is 4.79 Å². The van der Waals surface area contributed by atoms with Crippen LogP contribution in [-0.2, 0) is 21.2 Å². The lowest BCUT2D eigenvalue weighted by Crippen LogP contribution is -2.40. The molecule has 0 bridgehead atoms. The Hall–Kier alpha value is -2.29. The molecule has 1 fully saturated rings. The average molecular weight is 392 g/mol. The zero-order valence-corrected chi connectivity index (χ0v) is 15.5. The summed E-state index contributed by atoms with van der Waals surface area (Å²) in [4.78, 5) is 14.1. The van der Waals surface area contributed by atoms with Crippen LogP contribution < -0.4 is 4.72 Å². The van der Waals surface area contributed by atoms with E-state index in [9.17, 15) is 17.6 Å². The molecule has 1 saturated heterocycles. The van der Waals surface area contributed by atoms with Crippen molar-refractivity contribution in [1.82, 2.24) is 9.62 Å². The van der Waals surface area contributed by atoms with E-state index in [1.54, 1.807) is 23.1 Å². The van der Waals surface area contributed by atoms with E-state index >= 15 is 0 Å². The smallest absolute Gasteiger partial charge is 0.254 e. The van der Waals surface area contributed by atoms with E-state index in [0.717, 1.165) is 0 Å². The normalized spacial score (nSPS) is 14.9. The first-order chi connectivity index (χ1) is 13.0. The SMILES string of the molecule is O=C(c1ccc(S(=O)(=O)NCCc2ccccc2F)cc1)N1CCOCC1. The molecule has 2 aromatic carbocycles. The molecule has 1 heterocycles. The zero-order chi connectivity index (χ0) is 19.3. The van der Waals surface area contributed by atoms with E-state index in [1.165, 1.54) is 30.3 Å². The highest BCUT2D eigenvalue weighted by Gasteiger charge is 2.20. The van der Waals surface area contributed by atoms with Crippen molar-refractivity contribution in [3.8, 4) is 0 Å². The molecule has 1 aliphatic heterocycles. The van der Waals surface area contributed by atoms with Gasteiger partial charge in [-0.25, -0.2) is 17.5 Å². The number of morpholine rings is 1. The van der Waals surface area contributed by atoms with E-state index in [4.69, 9.17) is 4.74 Å². The molecule has 0 radical (unpaired) electrons. The maximum absolute atomic E-state index is 13.6. The Bertz CT molecular complexity index is 894. The van der Waals surface area contributed by atoms with Gasteiger partial charge in [-0.2, -0.15) is 0 Å². The summed E-state index contributed by atoms with van der Waals surface area (Å²) in [6.45, 7) is 2.14. The number of nitrogens with zero attached hydrogens (tertiary/aromatic N) is 1. The molecule has 8 heteroatoms. The zero-order valence-electron chi connectivity index (χ0n) is 14.7. The number of benzene rings is 2. The van der Waals surface area contributed by atoms with Gasteiger partial charge in [0.15, 0.2) is 0 Å². The van der Waals surface area contributed by atoms with Gasteiger partial charge in [0.1, 0.15) is 5.82 Å². The van der Waals surface area contributed by atoms with Crippen LogP contribution in [0, 0.1) is 5.82 Å². The molecular formula is C19H21FN2O4S. The number of hydrogen-bond donors (Lipinski definition) is 1. The summed E-state index contributed by atoms with van der Waals surface area (Å²) in [5.74, 6) is -0.502. The largest absolute Gasteiger partial charge is 0.378 e. The Morgan fingerprint density at radius 1 is 1.07 bits per heavy atom. The molecule has 0 spiro atoms. The number of hydrogen-bond acceptors (Lipinski definition) is 4. The molecule has 1 aliphatic rings. The molecule has 27 heavy (non-hydrogen) atoms. The summed E-state index contributed by atoms with van der Waals surface area (Å²) in [7, 11) is -3.73. The van der Waals surface area contributed by atoms with Gasteiger partial charge < -0.3 is 9.64 Å². The van der Waals surface area contributed by atoms with E-state index in [-0.39, 0.29) is 29.6 Å². The van der Waals surface area contributed by atoms with Crippen LogP contribution in [0.3, 0.4) is 0 Å². The second kappa shape index (κ2) is 8.60. The topological polar surface area (TPSA) is 75.7 Å². The van der Waals surface area contributed by atoms with Crippen LogP contribution in [0.15, 0.2) is 53.4 Å². The molecule has 0 aliphatic carbocycles. The molecule has 0 atom stereocenters. The van der Waals surface area contributed by atoms with Gasteiger partial charge in [0.05, 0.1) is 18.1 Å². The van der Waals surface area contributed by atoms with Crippen molar-refractivity contribution in [1.29, 1.82) is 0 Å². The summed E-state index contributed by atoms with van der Waals surface area (Å²) >= 11 is 0. The molecular weight excluding hydrogens is 371 g/mol. The third-order valence-electron chi connectivity index (χ3n) is 4.35. The quantitative estimate of drug-likeness (QED) is 0.814. The van der Waals surface area contributed by atoms with Crippen LogP contribution in [0.2, 0.25) is 0 Å². The third-order valence-corrected chi connectivity index (χ3v) is 5.83. The second-order valence-corrected chi connectivity index (χ2v) is 7.94. The number of nitrogens with one attached hydrogen (secondary N) is 1. The molecule has 6 nitrogen and oxygen atoms in total. The van der Waals surface area contributed by atoms with Crippen LogP contribution in [0.4, 0.5) is 4.39 Å². The van der Waals surface area contributed by atoms with Crippen LogP contribution in [0.25, 0.3) is 0 Å². The lowest BCUT2D eigenvalue weighted by molar-refractivity contribution is 0.0303. The fourth-order valence-corrected chi connectivity index (χ4v) is 3.86. The number of amides is 1. The first kappa shape index (κ1) is 19.5. The van der Waals surface area contributed by atoms with Crippen LogP contribution in [0.5, 0.6) is 0 Å². The molecule has 0 unspecified atom stereocenters. The van der Waals surface area contributed by atoms with Crippen LogP contribution in [0.1, 0.15) is 15.9 Å². The number of carbonyl (C=O) groups excluding carboxylic acids is 1. The summed E-state index contributed by atoms with van der Waals surface area (Å²) in [6.07, 6.45) is 0.250. The number of rotatable bonds is 6. The van der Waals surface area contributed by atoms with Crippen molar-refractivity contribution in [3.05, 3.63) is 65.5 Å². The highest BCUT2D eigenvalue weighted by Crippen LogP contribution is 2.14. The Kier molecular flexibility index (Phi) is 6.20. The number of halogens is 1. The lowest BCUT2D eigenvalue weighted by Gasteiger charge is -2.26. The first-order valence-electron chi connectivity index (χ1n) is 8.67. The summed E-state index contributed by atoms with van der Waals surface area (Å²) < 4.78 is 46.0. The van der Waals surface area contributed by atoms with Crippen LogP contribution >= 0.6 is 0 Å². The highest BCUT2D eigenvalue weighted by molar-refractivity contribution is 7.89. The van der Waals surface area contributed by atoms with E-state index in [0.29, 0.717) is 37.4 Å². The molecule has 0 saturated carbocycles. The maximum atomic E-state index is 13.6. The van der Waals surface area contributed by atoms with Crippen molar-refractivity contribution in [2.24, 2.45) is 0 Å². The van der Waals surface area contributed by atoms with Crippen LogP contribution in [-0.4, -0.2) is 52.1 Å². The summed E-state index contributed by atoms with van der Waals surface area (Å²) in [5.41, 5.74) is 0.883. The Morgan fingerprint density at radius 2 is 1.74 bits per heavy atom. The molecule has 0 aromatic heterocycles. The average Bonchev–Trinajstić information content (AvgIpc) is 2.69. The Labute approximate surface area is 158 Å². The van der Waals surface area contributed by atoms with Crippen molar-refractivity contribution in [2.45, 2.75) is 11.3 Å². The molecule has 3 rings (SSSR count). The predicted octanol–water partition coefficient (Wildman–Crippen LogP) is 1.82. The number of carbonyl (C=O) groups is 1. The van der Waals surface area contributed by atoms with Crippen molar-refractivity contribution < 1.29 is 22.3 Å². The second-order valence-electron chi connectivity index (χ2n) is 6.17. The molecule has 144 valence electrons. The van der Waals surface area contributed by atoms with Gasteiger partial charge in [0.2, 0.25) is 10.0 Å². The number of ether oxygens (including phenoxy) is 1. The molecule has 1 N–H and O–H groups in total. The summed E-state index contributed by atoms with van der Waals surface area (Å²) in [5, 5.41) is 0. The fourth-order valence-electron chi connectivity index (χ4n) is 2.83. The van der Waals surface area contributed by atoms with Crippen molar-refractivity contribution in [3.63, 3.8) is 0 Å². The van der Waals surface area contributed by atoms with Gasteiger partial charge >= 0.3 is 0 Å². The molecule has 2 aromatic rings. The fraction of sp³-hybridized carbons (Fsp3) is 0.316. The van der Waals surface area contributed by atoms with Crippen molar-refractivity contribution in [2.75, 3.05) is 32.8 Å². The van der Waals surface area contributed by atoms with Gasteiger partial charge in [-0.1, -0.05) is 18.2 Å². The monoisotopic (exact) mass is 392 g/mol. The molecule has 1 amide bonds. The predicted molar refractivity (Wildman–Crippen MR) is 98.5 cm³/mol. The minimum Gasteiger partial charge on any atom is -0.378 e. The lowest BCUT2D eigenvalue weighted by atomic mass is 10.1. The van der Waals surface area contributed by atoms with Gasteiger partial charge in [-0.15, -0.1) is 0 Å². The maximum Gasteiger partial charge on any atom is 0.254 e. The number of sulfonamides is 1. The van der Waals surface area contributed by atoms with E-state index in [2.05, 4.69) is 4.72 Å². The first-order valence-corrected chi connectivity index (χ1v) is 10.2. The van der Waals surface area contributed by atoms with Gasteiger partial charge in [0, 0.05) is 25.2 Å². The van der Waals surface area contributed by atoms with Crippen molar-refractivity contribution >= 4 is 15.9 Å². The van der Waals surface area contributed by atoms with E-state index < -0.39 is 10.0 Å². The Morgan fingerprint density at radius 3 is 2.41 bits per heavy atom. The van der Waals surface area contributed by atoms with Gasteiger partial charge in [-0.05, 0) is 42.3 Å². The minimum absolute atomic E-state index is 0.0644. The Balaban J connectivity index is 1.61. The third kappa shape index (κ3) is 4.91. The minimum atomic E-state index is -3.73. The highest BCUT2D eigenvalue weighted by atomic mass is 32.2. The summed E-state index contributed by atoms with van der Waals surface area (Å²) in [6, 6.07) is 12.1.